The maximum Gasteiger partial charge on any atom is 0.267 e. The second kappa shape index (κ2) is 12.3. The van der Waals surface area contributed by atoms with Gasteiger partial charge in [-0.3, -0.25) is 4.79 Å². The maximum absolute atomic E-state index is 13.3. The van der Waals surface area contributed by atoms with Gasteiger partial charge >= 0.3 is 0 Å². The van der Waals surface area contributed by atoms with Crippen molar-refractivity contribution in [2.75, 3.05) is 16.6 Å². The Bertz CT molecular complexity index is 1540. The van der Waals surface area contributed by atoms with E-state index < -0.39 is 53.2 Å². The molecule has 3 heterocycles. The molecule has 1 aliphatic rings. The summed E-state index contributed by atoms with van der Waals surface area (Å²) in [5.74, 6) is -0.938. The van der Waals surface area contributed by atoms with E-state index >= 15 is 0 Å². The van der Waals surface area contributed by atoms with E-state index in [1.165, 1.54) is 11.4 Å². The number of aliphatic hydroxyl groups is 4. The van der Waals surface area contributed by atoms with Gasteiger partial charge in [-0.05, 0) is 61.4 Å². The third kappa shape index (κ3) is 6.28. The fourth-order valence-corrected chi connectivity index (χ4v) is 6.95. The molecule has 1 aliphatic heterocycles. The van der Waals surface area contributed by atoms with Gasteiger partial charge in [0.25, 0.3) is 21.8 Å². The van der Waals surface area contributed by atoms with Crippen LogP contribution in [-0.4, -0.2) is 77.2 Å². The van der Waals surface area contributed by atoms with Crippen LogP contribution in [0, 0.1) is 27.7 Å². The number of rotatable bonds is 9. The first-order chi connectivity index (χ1) is 19.3. The largest absolute Gasteiger partial charge is 0.394 e. The summed E-state index contributed by atoms with van der Waals surface area (Å²) < 4.78 is 44.4. The number of carbonyl (C=O) groups is 1. The quantitative estimate of drug-likeness (QED) is 0.202. The summed E-state index contributed by atoms with van der Waals surface area (Å²) in [6.45, 7) is 6.18. The zero-order chi connectivity index (χ0) is 30.2. The Morgan fingerprint density at radius 1 is 1.15 bits per heavy atom. The van der Waals surface area contributed by atoms with E-state index in [2.05, 4.69) is 15.2 Å². The number of nitrogens with zero attached hydrogens (tertiary/aromatic N) is 1. The van der Waals surface area contributed by atoms with Gasteiger partial charge in [0.2, 0.25) is 0 Å². The molecule has 2 aromatic heterocycles. The molecule has 0 bridgehead atoms. The predicted octanol–water partition coefficient (Wildman–Crippen LogP) is 1.99. The fraction of sp³-hybridized carbons (Fsp3) is 0.440. The predicted molar refractivity (Wildman–Crippen MR) is 149 cm³/mol. The molecule has 0 saturated carbocycles. The summed E-state index contributed by atoms with van der Waals surface area (Å²) in [6.07, 6.45) is -7.13. The number of amides is 1. The zero-order valence-electron chi connectivity index (χ0n) is 22.4. The Kier molecular flexibility index (Phi) is 9.42. The lowest BCUT2D eigenvalue weighted by atomic mass is 9.97. The molecular formula is C25H30ClN3O10S2. The van der Waals surface area contributed by atoms with E-state index in [4.69, 9.17) is 25.6 Å². The average molecular weight is 632 g/mol. The van der Waals surface area contributed by atoms with Crippen LogP contribution in [-0.2, 0) is 26.1 Å². The van der Waals surface area contributed by atoms with Crippen molar-refractivity contribution in [3.05, 3.63) is 55.4 Å². The Morgan fingerprint density at radius 3 is 2.49 bits per heavy atom. The smallest absolute Gasteiger partial charge is 0.267 e. The highest BCUT2D eigenvalue weighted by Crippen LogP contribution is 2.33. The van der Waals surface area contributed by atoms with Crippen LogP contribution in [0.2, 0.25) is 5.02 Å². The normalized spacial score (nSPS) is 23.0. The Balaban J connectivity index is 1.55. The first-order valence-corrected chi connectivity index (χ1v) is 15.1. The highest BCUT2D eigenvalue weighted by atomic mass is 35.5. The minimum atomic E-state index is -4.26. The van der Waals surface area contributed by atoms with Crippen molar-refractivity contribution < 1.29 is 47.6 Å². The second-order valence-corrected chi connectivity index (χ2v) is 12.5. The molecule has 4 rings (SSSR count). The summed E-state index contributed by atoms with van der Waals surface area (Å²) in [4.78, 5) is 13.0. The van der Waals surface area contributed by atoms with E-state index in [0.29, 0.717) is 28.1 Å². The lowest BCUT2D eigenvalue weighted by Crippen LogP contribution is -2.59. The third-order valence-electron chi connectivity index (χ3n) is 6.75. The van der Waals surface area contributed by atoms with Gasteiger partial charge in [-0.15, -0.1) is 11.3 Å². The van der Waals surface area contributed by atoms with Gasteiger partial charge in [0, 0.05) is 5.69 Å². The number of aryl methyl sites for hydroxylation is 3. The molecule has 13 nitrogen and oxygen atoms in total. The van der Waals surface area contributed by atoms with Crippen molar-refractivity contribution in [1.82, 2.24) is 5.16 Å². The molecular weight excluding hydrogens is 602 g/mol. The topological polar surface area (TPSA) is 201 Å². The number of thiophene rings is 1. The Hall–Kier alpha value is -2.60. The van der Waals surface area contributed by atoms with Gasteiger partial charge < -0.3 is 39.7 Å². The summed E-state index contributed by atoms with van der Waals surface area (Å²) in [5, 5.41) is 47.6. The van der Waals surface area contributed by atoms with E-state index in [1.54, 1.807) is 26.8 Å². The van der Waals surface area contributed by atoms with Crippen LogP contribution in [0.4, 0.5) is 11.6 Å². The minimum absolute atomic E-state index is 0.000765. The maximum atomic E-state index is 13.3. The molecule has 0 spiro atoms. The van der Waals surface area contributed by atoms with E-state index in [0.717, 1.165) is 16.9 Å². The number of sulfonamides is 1. The van der Waals surface area contributed by atoms with Gasteiger partial charge in [-0.25, -0.2) is 13.1 Å². The number of hydrogen-bond acceptors (Lipinski definition) is 12. The minimum Gasteiger partial charge on any atom is -0.394 e. The second-order valence-electron chi connectivity index (χ2n) is 9.58. The van der Waals surface area contributed by atoms with Crippen LogP contribution in [0.25, 0.3) is 0 Å². The molecule has 6 N–H and O–H groups in total. The van der Waals surface area contributed by atoms with Gasteiger partial charge in [-0.2, -0.15) is 0 Å². The van der Waals surface area contributed by atoms with Gasteiger partial charge in [-0.1, -0.05) is 22.8 Å². The molecule has 0 radical (unpaired) electrons. The molecule has 224 valence electrons. The number of aromatic nitrogens is 1. The molecule has 5 atom stereocenters. The summed E-state index contributed by atoms with van der Waals surface area (Å²) in [5.41, 5.74) is 3.47. The van der Waals surface area contributed by atoms with Gasteiger partial charge in [0.05, 0.1) is 13.2 Å². The van der Waals surface area contributed by atoms with Crippen molar-refractivity contribution >= 4 is 50.4 Å². The Morgan fingerprint density at radius 2 is 1.85 bits per heavy atom. The number of benzene rings is 1. The molecule has 1 aromatic carbocycles. The van der Waals surface area contributed by atoms with E-state index in [1.807, 2.05) is 6.92 Å². The van der Waals surface area contributed by atoms with Crippen LogP contribution in [0.5, 0.6) is 0 Å². The Labute approximate surface area is 244 Å². The van der Waals surface area contributed by atoms with Crippen LogP contribution < -0.4 is 10.0 Å². The summed E-state index contributed by atoms with van der Waals surface area (Å²) in [6, 6.07) is 3.09. The van der Waals surface area contributed by atoms with Crippen molar-refractivity contribution in [2.24, 2.45) is 0 Å². The van der Waals surface area contributed by atoms with Crippen molar-refractivity contribution in [1.29, 1.82) is 0 Å². The van der Waals surface area contributed by atoms with Crippen molar-refractivity contribution in [3.63, 3.8) is 0 Å². The first kappa shape index (κ1) is 31.3. The summed E-state index contributed by atoms with van der Waals surface area (Å²) in [7, 11) is -4.26. The van der Waals surface area contributed by atoms with Crippen LogP contribution in [0.1, 0.15) is 37.6 Å². The zero-order valence-corrected chi connectivity index (χ0v) is 24.8. The fourth-order valence-electron chi connectivity index (χ4n) is 4.46. The molecule has 1 unspecified atom stereocenters. The molecule has 16 heteroatoms. The van der Waals surface area contributed by atoms with E-state index in [9.17, 15) is 33.6 Å². The van der Waals surface area contributed by atoms with Crippen molar-refractivity contribution in [2.45, 2.75) is 69.9 Å². The number of nitrogens with one attached hydrogen (secondary N) is 2. The van der Waals surface area contributed by atoms with Crippen LogP contribution in [0.15, 0.2) is 26.9 Å². The molecule has 1 amide bonds. The van der Waals surface area contributed by atoms with Gasteiger partial charge in [0.15, 0.2) is 6.29 Å². The molecule has 1 saturated heterocycles. The number of carbonyl (C=O) groups excluding carboxylic acids is 1. The third-order valence-corrected chi connectivity index (χ3v) is 9.61. The number of ether oxygens (including phenoxy) is 2. The lowest BCUT2D eigenvalue weighted by molar-refractivity contribution is -0.304. The summed E-state index contributed by atoms with van der Waals surface area (Å²) >= 11 is 6.96. The highest BCUT2D eigenvalue weighted by molar-refractivity contribution is 7.93. The SMILES string of the molecule is Cc1cc(C)c(NC(=O)c2sccc2S(=O)(=O)Nc2onc(C)c2Cl)c(C)c1COC1O[C@H](CO)[C@@H](O)[C@H](O)[C@@H]1O. The van der Waals surface area contributed by atoms with Crippen molar-refractivity contribution in [3.8, 4) is 0 Å². The highest BCUT2D eigenvalue weighted by Gasteiger charge is 2.44. The number of anilines is 2. The average Bonchev–Trinajstić information content (AvgIpc) is 3.54. The monoisotopic (exact) mass is 631 g/mol. The molecule has 3 aromatic rings. The number of halogens is 1. The molecule has 1 fully saturated rings. The molecule has 41 heavy (non-hydrogen) atoms. The van der Waals surface area contributed by atoms with Crippen LogP contribution >= 0.6 is 22.9 Å². The number of aliphatic hydroxyl groups excluding tert-OH is 4. The van der Waals surface area contributed by atoms with Gasteiger partial charge in [0.1, 0.15) is 44.9 Å². The lowest BCUT2D eigenvalue weighted by Gasteiger charge is -2.39. The number of hydrogen-bond donors (Lipinski definition) is 6. The molecule has 0 aliphatic carbocycles. The standard InChI is InChI=1S/C25H30ClN3O10S2/c1-10-7-11(2)18(12(3)14(10)9-37-25-21(33)20(32)19(31)15(8-30)38-25)27-23(34)22-16(5-6-40-22)41(35,36)29-24-17(26)13(4)28-39-24/h5-7,15,19-21,25,29-33H,8-9H2,1-4H3,(H,27,34)/t15-,19-,20+,21+,25?/m1/s1. The van der Waals surface area contributed by atoms with E-state index in [-0.39, 0.29) is 27.3 Å². The van der Waals surface area contributed by atoms with Crippen LogP contribution in [0.3, 0.4) is 0 Å². The first-order valence-electron chi connectivity index (χ1n) is 12.3.